The fraction of sp³-hybridized carbons (Fsp3) is 0.250. The van der Waals surface area contributed by atoms with Crippen molar-refractivity contribution >= 4 is 57.5 Å². The number of anilines is 3. The molecule has 0 radical (unpaired) electrons. The molecule has 18 nitrogen and oxygen atoms in total. The molecule has 6 aromatic rings. The Bertz CT molecular complexity index is 2580. The van der Waals surface area contributed by atoms with Crippen molar-refractivity contribution in [1.29, 1.82) is 0 Å². The number of amides is 4. The maximum absolute atomic E-state index is 13.4. The minimum Gasteiger partial charge on any atom is -0.385 e. The first-order valence-electron chi connectivity index (χ1n) is 17.2. The molecule has 6 heterocycles. The number of unbranched alkanes of at least 4 members (excludes halogenated alkanes) is 1. The Hall–Kier alpha value is -7.11. The normalized spacial score (nSPS) is 14.3. The monoisotopic (exact) mass is 732 g/mol. The topological polar surface area (TPSA) is 234 Å². The van der Waals surface area contributed by atoms with Crippen LogP contribution in [0.1, 0.15) is 58.1 Å². The molecule has 5 aromatic heterocycles. The van der Waals surface area contributed by atoms with Crippen LogP contribution in [0.3, 0.4) is 0 Å². The summed E-state index contributed by atoms with van der Waals surface area (Å²) in [5, 5.41) is 15.6. The molecule has 4 amide bonds. The number of imide groups is 1. The second kappa shape index (κ2) is 14.5. The highest BCUT2D eigenvalue weighted by Crippen LogP contribution is 2.25. The number of imidazole rings is 2. The third-order valence-electron chi connectivity index (χ3n) is 9.31. The quantitative estimate of drug-likeness (QED) is 0.0894. The van der Waals surface area contributed by atoms with E-state index >= 15 is 0 Å². The van der Waals surface area contributed by atoms with Crippen LogP contribution < -0.4 is 38.2 Å². The highest BCUT2D eigenvalue weighted by molar-refractivity contribution is 6.00. The summed E-state index contributed by atoms with van der Waals surface area (Å²) >= 11 is 0. The number of pyridine rings is 2. The summed E-state index contributed by atoms with van der Waals surface area (Å²) in [6.07, 6.45) is 6.90. The average molecular weight is 733 g/mol. The third kappa shape index (κ3) is 6.67. The molecule has 0 bridgehead atoms. The molecule has 6 N–H and O–H groups in total. The van der Waals surface area contributed by atoms with E-state index in [9.17, 15) is 28.8 Å². The number of carbonyl (C=O) groups is 4. The van der Waals surface area contributed by atoms with Gasteiger partial charge in [0, 0.05) is 45.5 Å². The lowest BCUT2D eigenvalue weighted by molar-refractivity contribution is -0.135. The number of aromatic nitrogens is 7. The molecule has 1 unspecified atom stereocenters. The summed E-state index contributed by atoms with van der Waals surface area (Å²) in [7, 11) is 3.35. The Morgan fingerprint density at radius 2 is 1.81 bits per heavy atom. The van der Waals surface area contributed by atoms with Crippen molar-refractivity contribution in [2.45, 2.75) is 38.1 Å². The second-order valence-corrected chi connectivity index (χ2v) is 12.8. The summed E-state index contributed by atoms with van der Waals surface area (Å²) in [5.41, 5.74) is 8.60. The summed E-state index contributed by atoms with van der Waals surface area (Å²) in [6, 6.07) is 13.0. The van der Waals surface area contributed by atoms with E-state index in [-0.39, 0.29) is 47.5 Å². The molecule has 7 rings (SSSR count). The lowest BCUT2D eigenvalue weighted by Gasteiger charge is -2.21. The molecule has 0 spiro atoms. The van der Waals surface area contributed by atoms with Crippen LogP contribution in [0.25, 0.3) is 22.5 Å². The summed E-state index contributed by atoms with van der Waals surface area (Å²) in [5.74, 6) is -1.26. The smallest absolute Gasteiger partial charge is 0.329 e. The van der Waals surface area contributed by atoms with Gasteiger partial charge in [0.05, 0.1) is 28.5 Å². The van der Waals surface area contributed by atoms with E-state index < -0.39 is 23.4 Å². The molecular formula is C36H36N12O6. The van der Waals surface area contributed by atoms with Crippen molar-refractivity contribution in [1.82, 2.24) is 43.9 Å². The van der Waals surface area contributed by atoms with E-state index in [1.54, 1.807) is 50.6 Å². The van der Waals surface area contributed by atoms with E-state index in [4.69, 9.17) is 5.73 Å². The summed E-state index contributed by atoms with van der Waals surface area (Å²) < 4.78 is 5.58. The van der Waals surface area contributed by atoms with Gasteiger partial charge in [-0.05, 0) is 67.6 Å². The Kier molecular flexibility index (Phi) is 9.47. The van der Waals surface area contributed by atoms with Gasteiger partial charge in [0.1, 0.15) is 23.2 Å². The van der Waals surface area contributed by atoms with E-state index in [1.165, 1.54) is 30.6 Å². The van der Waals surface area contributed by atoms with E-state index in [1.807, 2.05) is 18.2 Å². The first kappa shape index (κ1) is 35.3. The van der Waals surface area contributed by atoms with Crippen LogP contribution in [-0.4, -0.2) is 70.5 Å². The third-order valence-corrected chi connectivity index (χ3v) is 9.31. The zero-order chi connectivity index (χ0) is 38.1. The maximum Gasteiger partial charge on any atom is 0.329 e. The van der Waals surface area contributed by atoms with Crippen LogP contribution in [0.2, 0.25) is 0 Å². The van der Waals surface area contributed by atoms with Crippen LogP contribution in [0, 0.1) is 0 Å². The number of carbonyl (C=O) groups excluding carboxylic acids is 4. The fourth-order valence-electron chi connectivity index (χ4n) is 6.50. The van der Waals surface area contributed by atoms with E-state index in [2.05, 4.69) is 36.3 Å². The molecule has 276 valence electrons. The standard InChI is InChI=1S/C36H36N12O6/c1-38-23-17-28(44-48-27(31(37)50)19-41-32(23)48)42-22-7-5-15-46(35(22)53)29-12-9-21(18-40-29)33(51)39-14-4-3-6-20-8-10-24-26(16-20)45(2)36(54)47(24)25-11-13-30(49)43-34(25)52/h5,7-10,12,15-19,25,38H,3-4,6,11,13-14H2,1-2H3,(H2,37,50)(H,39,51)(H,42,44)(H,43,49,52). The molecule has 18 heteroatoms. The zero-order valence-corrected chi connectivity index (χ0v) is 29.3. The van der Waals surface area contributed by atoms with Gasteiger partial charge >= 0.3 is 5.69 Å². The van der Waals surface area contributed by atoms with Crippen LogP contribution >= 0.6 is 0 Å². The number of aryl methyl sites for hydroxylation is 2. The molecular weight excluding hydrogens is 696 g/mol. The molecule has 1 fully saturated rings. The molecule has 1 atom stereocenters. The second-order valence-electron chi connectivity index (χ2n) is 12.8. The fourth-order valence-corrected chi connectivity index (χ4v) is 6.50. The number of nitrogens with one attached hydrogen (secondary N) is 4. The first-order valence-corrected chi connectivity index (χ1v) is 17.2. The predicted octanol–water partition coefficient (Wildman–Crippen LogP) is 1.54. The van der Waals surface area contributed by atoms with Crippen molar-refractivity contribution in [2.24, 2.45) is 12.8 Å². The van der Waals surface area contributed by atoms with Gasteiger partial charge in [-0.1, -0.05) is 6.07 Å². The maximum atomic E-state index is 13.4. The summed E-state index contributed by atoms with van der Waals surface area (Å²) in [6.45, 7) is 0.426. The van der Waals surface area contributed by atoms with Gasteiger partial charge in [-0.25, -0.2) is 19.3 Å². The SMILES string of the molecule is CNc1cc(Nc2cccn(-c3ccc(C(=O)NCCCCc4ccc5c(c4)n(C)c(=O)n5C4CCC(=O)NC4=O)cn3)c2=O)nn2c(C(N)=O)cnc12. The van der Waals surface area contributed by atoms with Gasteiger partial charge < -0.3 is 21.7 Å². The molecule has 0 aliphatic carbocycles. The van der Waals surface area contributed by atoms with Gasteiger partial charge in [-0.2, -0.15) is 0 Å². The minimum atomic E-state index is -0.738. The van der Waals surface area contributed by atoms with Crippen molar-refractivity contribution in [3.8, 4) is 5.82 Å². The van der Waals surface area contributed by atoms with Crippen molar-refractivity contribution < 1.29 is 19.2 Å². The average Bonchev–Trinajstić information content (AvgIpc) is 3.70. The molecule has 1 aliphatic heterocycles. The largest absolute Gasteiger partial charge is 0.385 e. The van der Waals surface area contributed by atoms with Gasteiger partial charge in [-0.15, -0.1) is 5.10 Å². The van der Waals surface area contributed by atoms with Gasteiger partial charge in [0.15, 0.2) is 11.5 Å². The zero-order valence-electron chi connectivity index (χ0n) is 29.3. The van der Waals surface area contributed by atoms with E-state index in [0.717, 1.165) is 12.0 Å². The van der Waals surface area contributed by atoms with E-state index in [0.29, 0.717) is 53.1 Å². The number of primary amides is 1. The number of hydrogen-bond donors (Lipinski definition) is 5. The molecule has 1 aromatic carbocycles. The highest BCUT2D eigenvalue weighted by Gasteiger charge is 2.31. The number of rotatable bonds is 12. The Balaban J connectivity index is 0.951. The predicted molar refractivity (Wildman–Crippen MR) is 198 cm³/mol. The van der Waals surface area contributed by atoms with Crippen molar-refractivity contribution in [3.63, 3.8) is 0 Å². The highest BCUT2D eigenvalue weighted by atomic mass is 16.2. The minimum absolute atomic E-state index is 0.0783. The van der Waals surface area contributed by atoms with Gasteiger partial charge in [0.2, 0.25) is 11.8 Å². The van der Waals surface area contributed by atoms with Crippen LogP contribution in [-0.2, 0) is 23.1 Å². The molecule has 1 aliphatic rings. The lowest BCUT2D eigenvalue weighted by atomic mass is 10.0. The van der Waals surface area contributed by atoms with Gasteiger partial charge in [-0.3, -0.25) is 43.0 Å². The van der Waals surface area contributed by atoms with Crippen LogP contribution in [0.4, 0.5) is 17.2 Å². The number of piperidine rings is 1. The Labute approximate surface area is 306 Å². The van der Waals surface area contributed by atoms with Crippen molar-refractivity contribution in [3.05, 3.63) is 105 Å². The molecule has 1 saturated heterocycles. The molecule has 54 heavy (non-hydrogen) atoms. The number of hydrogen-bond acceptors (Lipinski definition) is 11. The number of fused-ring (bicyclic) bond motifs is 2. The Morgan fingerprint density at radius 1 is 0.981 bits per heavy atom. The molecule has 0 saturated carbocycles. The first-order chi connectivity index (χ1) is 26.0. The number of benzene rings is 1. The van der Waals surface area contributed by atoms with Crippen LogP contribution in [0.5, 0.6) is 0 Å². The number of nitrogens with two attached hydrogens (primary N) is 1. The Morgan fingerprint density at radius 3 is 2.56 bits per heavy atom. The number of nitrogens with zero attached hydrogens (tertiary/aromatic N) is 7. The van der Waals surface area contributed by atoms with Crippen molar-refractivity contribution in [2.75, 3.05) is 24.2 Å². The lowest BCUT2D eigenvalue weighted by Crippen LogP contribution is -2.44. The van der Waals surface area contributed by atoms with Gasteiger partial charge in [0.25, 0.3) is 17.4 Å². The summed E-state index contributed by atoms with van der Waals surface area (Å²) in [4.78, 5) is 83.8. The van der Waals surface area contributed by atoms with Crippen LogP contribution in [0.15, 0.2) is 76.7 Å².